The van der Waals surface area contributed by atoms with Gasteiger partial charge in [-0.2, -0.15) is 5.10 Å². The van der Waals surface area contributed by atoms with Gasteiger partial charge in [-0.25, -0.2) is 4.98 Å². The summed E-state index contributed by atoms with van der Waals surface area (Å²) in [5, 5.41) is 11.2. The summed E-state index contributed by atoms with van der Waals surface area (Å²) >= 11 is 5.96. The van der Waals surface area contributed by atoms with Gasteiger partial charge in [0.05, 0.1) is 6.20 Å². The second-order valence-electron chi connectivity index (χ2n) is 7.50. The lowest BCUT2D eigenvalue weighted by Crippen LogP contribution is -2.34. The molecule has 0 saturated heterocycles. The molecule has 0 unspecified atom stereocenters. The van der Waals surface area contributed by atoms with Gasteiger partial charge in [0.1, 0.15) is 11.9 Å². The van der Waals surface area contributed by atoms with Gasteiger partial charge >= 0.3 is 0 Å². The first-order valence-corrected chi connectivity index (χ1v) is 10.7. The Labute approximate surface area is 192 Å². The lowest BCUT2D eigenvalue weighted by atomic mass is 10.1. The molecule has 4 aromatic rings. The van der Waals surface area contributed by atoms with Gasteiger partial charge in [0.2, 0.25) is 5.91 Å². The predicted octanol–water partition coefficient (Wildman–Crippen LogP) is 4.65. The molecule has 2 aromatic heterocycles. The third-order valence-corrected chi connectivity index (χ3v) is 5.38. The highest BCUT2D eigenvalue weighted by Crippen LogP contribution is 2.20. The van der Waals surface area contributed by atoms with E-state index in [0.717, 1.165) is 28.7 Å². The Hall–Kier alpha value is -3.48. The van der Waals surface area contributed by atoms with Crippen LogP contribution < -0.4 is 10.6 Å². The number of rotatable bonds is 8. The summed E-state index contributed by atoms with van der Waals surface area (Å²) in [5.74, 6) is 0.344. The van der Waals surface area contributed by atoms with Crippen LogP contribution in [0.4, 0.5) is 5.82 Å². The Morgan fingerprint density at radius 1 is 1.00 bits per heavy atom. The molecule has 7 heteroatoms. The summed E-state index contributed by atoms with van der Waals surface area (Å²) < 4.78 is 1.74. The van der Waals surface area contributed by atoms with E-state index in [0.29, 0.717) is 17.4 Å². The largest absolute Gasteiger partial charge is 0.309 e. The zero-order valence-corrected chi connectivity index (χ0v) is 18.5. The van der Waals surface area contributed by atoms with Crippen molar-refractivity contribution in [1.82, 2.24) is 20.1 Å². The lowest BCUT2D eigenvalue weighted by molar-refractivity contribution is -0.118. The third kappa shape index (κ3) is 5.60. The van der Waals surface area contributed by atoms with E-state index in [9.17, 15) is 4.79 Å². The van der Waals surface area contributed by atoms with E-state index in [-0.39, 0.29) is 5.91 Å². The number of aryl methyl sites for hydroxylation is 1. The van der Waals surface area contributed by atoms with Crippen LogP contribution in [0.5, 0.6) is 0 Å². The molecular weight excluding hydrogens is 422 g/mol. The molecule has 2 heterocycles. The molecular formula is C25H24ClN5O. The van der Waals surface area contributed by atoms with E-state index < -0.39 is 6.04 Å². The van der Waals surface area contributed by atoms with Crippen molar-refractivity contribution in [3.63, 3.8) is 0 Å². The van der Waals surface area contributed by atoms with Crippen LogP contribution in [0.15, 0.2) is 85.3 Å². The van der Waals surface area contributed by atoms with E-state index in [1.807, 2.05) is 73.9 Å². The summed E-state index contributed by atoms with van der Waals surface area (Å²) in [6, 6.07) is 20.6. The first-order valence-electron chi connectivity index (χ1n) is 10.4. The standard InChI is InChI=1S/C25H24ClN5O/c1-31-17-21(16-29-31)20-9-12-23(28-15-20)30-25(32)24(19-5-3-2-4-6-19)27-14-13-18-7-10-22(26)11-8-18/h2-12,15-17,24,27H,13-14H2,1H3,(H,28,30,32)/t24-/m1/s1. The summed E-state index contributed by atoms with van der Waals surface area (Å²) in [7, 11) is 1.87. The number of hydrogen-bond acceptors (Lipinski definition) is 4. The van der Waals surface area contributed by atoms with Gasteiger partial charge in [-0.3, -0.25) is 9.48 Å². The number of halogens is 1. The van der Waals surface area contributed by atoms with E-state index in [1.54, 1.807) is 23.1 Å². The van der Waals surface area contributed by atoms with Gasteiger partial charge in [0, 0.05) is 42.1 Å². The highest BCUT2D eigenvalue weighted by atomic mass is 35.5. The molecule has 0 aliphatic rings. The third-order valence-electron chi connectivity index (χ3n) is 5.12. The van der Waals surface area contributed by atoms with Gasteiger partial charge in [0.15, 0.2) is 0 Å². The van der Waals surface area contributed by atoms with Crippen LogP contribution >= 0.6 is 11.6 Å². The number of benzene rings is 2. The molecule has 4 rings (SSSR count). The Morgan fingerprint density at radius 3 is 2.44 bits per heavy atom. The number of nitrogens with one attached hydrogen (secondary N) is 2. The van der Waals surface area contributed by atoms with Crippen molar-refractivity contribution in [2.24, 2.45) is 7.05 Å². The SMILES string of the molecule is Cn1cc(-c2ccc(NC(=O)[C@H](NCCc3ccc(Cl)cc3)c3ccccc3)nc2)cn1. The highest BCUT2D eigenvalue weighted by Gasteiger charge is 2.20. The summed E-state index contributed by atoms with van der Waals surface area (Å²) in [6.07, 6.45) is 6.22. The van der Waals surface area contributed by atoms with E-state index >= 15 is 0 Å². The van der Waals surface area contributed by atoms with Crippen LogP contribution in [0.3, 0.4) is 0 Å². The number of aromatic nitrogens is 3. The van der Waals surface area contributed by atoms with Gasteiger partial charge in [-0.15, -0.1) is 0 Å². The highest BCUT2D eigenvalue weighted by molar-refractivity contribution is 6.30. The summed E-state index contributed by atoms with van der Waals surface area (Å²) in [6.45, 7) is 0.641. The van der Waals surface area contributed by atoms with Crippen molar-refractivity contribution >= 4 is 23.3 Å². The van der Waals surface area contributed by atoms with Crippen LogP contribution in [0.2, 0.25) is 5.02 Å². The quantitative estimate of drug-likeness (QED) is 0.414. The molecule has 0 aliphatic heterocycles. The molecule has 1 atom stereocenters. The van der Waals surface area contributed by atoms with Crippen LogP contribution in [0, 0.1) is 0 Å². The van der Waals surface area contributed by atoms with Crippen molar-refractivity contribution < 1.29 is 4.79 Å². The number of nitrogens with zero attached hydrogens (tertiary/aromatic N) is 3. The molecule has 1 amide bonds. The Bertz CT molecular complexity index is 1160. The second kappa shape index (κ2) is 10.2. The van der Waals surface area contributed by atoms with Crippen molar-refractivity contribution in [3.8, 4) is 11.1 Å². The average molecular weight is 446 g/mol. The zero-order chi connectivity index (χ0) is 22.3. The van der Waals surface area contributed by atoms with Crippen molar-refractivity contribution in [2.75, 3.05) is 11.9 Å². The number of hydrogen-bond donors (Lipinski definition) is 2. The molecule has 0 bridgehead atoms. The average Bonchev–Trinajstić information content (AvgIpc) is 3.25. The van der Waals surface area contributed by atoms with Crippen LogP contribution in [0.25, 0.3) is 11.1 Å². The van der Waals surface area contributed by atoms with Gasteiger partial charge < -0.3 is 10.6 Å². The number of anilines is 1. The molecule has 6 nitrogen and oxygen atoms in total. The second-order valence-corrected chi connectivity index (χ2v) is 7.93. The van der Waals surface area contributed by atoms with Gasteiger partial charge in [-0.1, -0.05) is 54.1 Å². The van der Waals surface area contributed by atoms with Crippen molar-refractivity contribution in [1.29, 1.82) is 0 Å². The first kappa shape index (κ1) is 21.7. The minimum Gasteiger partial charge on any atom is -0.309 e. The Balaban J connectivity index is 1.43. The number of carbonyl (C=O) groups is 1. The predicted molar refractivity (Wildman–Crippen MR) is 127 cm³/mol. The van der Waals surface area contributed by atoms with Crippen molar-refractivity contribution in [2.45, 2.75) is 12.5 Å². The van der Waals surface area contributed by atoms with Crippen molar-refractivity contribution in [3.05, 3.63) is 101 Å². The number of pyridine rings is 1. The molecule has 162 valence electrons. The number of amides is 1. The fourth-order valence-electron chi connectivity index (χ4n) is 3.43. The topological polar surface area (TPSA) is 71.8 Å². The monoisotopic (exact) mass is 445 g/mol. The number of carbonyl (C=O) groups excluding carboxylic acids is 1. The maximum atomic E-state index is 13.1. The molecule has 32 heavy (non-hydrogen) atoms. The van der Waals surface area contributed by atoms with E-state index in [2.05, 4.69) is 20.7 Å². The van der Waals surface area contributed by atoms with Crippen LogP contribution in [-0.2, 0) is 18.3 Å². The van der Waals surface area contributed by atoms with Crippen LogP contribution in [0.1, 0.15) is 17.2 Å². The minimum atomic E-state index is -0.497. The molecule has 0 radical (unpaired) electrons. The lowest BCUT2D eigenvalue weighted by Gasteiger charge is -2.19. The normalized spacial score (nSPS) is 11.8. The fourth-order valence-corrected chi connectivity index (χ4v) is 3.55. The molecule has 0 fully saturated rings. The Morgan fingerprint density at radius 2 is 1.78 bits per heavy atom. The summed E-state index contributed by atoms with van der Waals surface area (Å²) in [4.78, 5) is 17.5. The maximum absolute atomic E-state index is 13.1. The zero-order valence-electron chi connectivity index (χ0n) is 17.7. The van der Waals surface area contributed by atoms with Crippen LogP contribution in [-0.4, -0.2) is 27.2 Å². The minimum absolute atomic E-state index is 0.158. The first-order chi connectivity index (χ1) is 15.6. The molecule has 0 aliphatic carbocycles. The molecule has 2 aromatic carbocycles. The molecule has 2 N–H and O–H groups in total. The fraction of sp³-hybridized carbons (Fsp3) is 0.160. The smallest absolute Gasteiger partial charge is 0.247 e. The summed E-state index contributed by atoms with van der Waals surface area (Å²) in [5.41, 5.74) is 3.97. The maximum Gasteiger partial charge on any atom is 0.247 e. The molecule has 0 saturated carbocycles. The Kier molecular flexibility index (Phi) is 6.94. The van der Waals surface area contributed by atoms with E-state index in [4.69, 9.17) is 11.6 Å². The van der Waals surface area contributed by atoms with E-state index in [1.165, 1.54) is 0 Å². The van der Waals surface area contributed by atoms with Gasteiger partial charge in [0.25, 0.3) is 0 Å². The van der Waals surface area contributed by atoms with Gasteiger partial charge in [-0.05, 0) is 41.8 Å². The molecule has 0 spiro atoms.